The van der Waals surface area contributed by atoms with Crippen molar-refractivity contribution in [3.8, 4) is 5.75 Å². The molecule has 5 atom stereocenters. The van der Waals surface area contributed by atoms with Crippen LogP contribution in [0.25, 0.3) is 0 Å². The summed E-state index contributed by atoms with van der Waals surface area (Å²) in [5.41, 5.74) is 3.58. The third kappa shape index (κ3) is 4.45. The molecule has 0 bridgehead atoms. The van der Waals surface area contributed by atoms with E-state index in [1.165, 1.54) is 0 Å². The molecule has 6 rings (SSSR count). The number of aryl methyl sites for hydroxylation is 2. The Hall–Kier alpha value is -3.56. The first-order valence-electron chi connectivity index (χ1n) is 14.7. The van der Waals surface area contributed by atoms with Gasteiger partial charge in [0.05, 0.1) is 23.2 Å². The molecule has 0 radical (unpaired) electrons. The van der Waals surface area contributed by atoms with Gasteiger partial charge in [0.2, 0.25) is 11.8 Å². The SMILES string of the molecule is CCOc1ccc(N2CC=C[C@H]3S[C@]45C=CCN(c6c(C)cccc6C)C(=O)C4N(CCCO)C(=O)[C@@H]5[C@H]3C2=O)cc1. The zero-order valence-corrected chi connectivity index (χ0v) is 25.0. The van der Waals surface area contributed by atoms with Crippen LogP contribution in [0.15, 0.2) is 66.8 Å². The van der Waals surface area contributed by atoms with E-state index in [1.54, 1.807) is 26.5 Å². The van der Waals surface area contributed by atoms with E-state index in [9.17, 15) is 19.5 Å². The predicted molar refractivity (Wildman–Crippen MR) is 165 cm³/mol. The third-order valence-corrected chi connectivity index (χ3v) is 10.6. The van der Waals surface area contributed by atoms with Crippen LogP contribution in [0.1, 0.15) is 24.5 Å². The zero-order chi connectivity index (χ0) is 29.6. The first-order chi connectivity index (χ1) is 20.3. The quantitative estimate of drug-likeness (QED) is 0.495. The topological polar surface area (TPSA) is 90.4 Å². The maximum Gasteiger partial charge on any atom is 0.251 e. The number of aliphatic hydroxyl groups excluding tert-OH is 1. The molecule has 1 spiro atoms. The van der Waals surface area contributed by atoms with Gasteiger partial charge in [-0.15, -0.1) is 11.8 Å². The second-order valence-corrected chi connectivity index (χ2v) is 12.8. The lowest BCUT2D eigenvalue weighted by Crippen LogP contribution is -2.53. The molecule has 4 aliphatic heterocycles. The van der Waals surface area contributed by atoms with Gasteiger partial charge >= 0.3 is 0 Å². The second-order valence-electron chi connectivity index (χ2n) is 11.3. The van der Waals surface area contributed by atoms with Crippen LogP contribution in [-0.4, -0.2) is 76.6 Å². The standard InChI is InChI=1S/C33H37N3O5S/c1-4-41-24-14-12-23(13-15-24)34-17-6-11-25-26(30(34)38)27-31(39)36(19-8-20-37)29-32(40)35(18-7-16-33(27,29)42-25)28-21(2)9-5-10-22(28)3/h5-7,9-16,25-27,29,37H,4,8,17-20H2,1-3H3/t25-,26+,27+,29?,33+/m1/s1. The number of rotatable bonds is 7. The fraction of sp³-hybridized carbons (Fsp3) is 0.424. The Kier molecular flexibility index (Phi) is 7.66. The van der Waals surface area contributed by atoms with Gasteiger partial charge in [-0.2, -0.15) is 0 Å². The van der Waals surface area contributed by atoms with Crippen LogP contribution in [0, 0.1) is 25.7 Å². The number of anilines is 2. The fourth-order valence-electron chi connectivity index (χ4n) is 7.17. The van der Waals surface area contributed by atoms with Crippen LogP contribution in [0.4, 0.5) is 11.4 Å². The number of ether oxygens (including phenoxy) is 1. The molecular formula is C33H37N3O5S. The molecule has 0 saturated carbocycles. The number of nitrogens with zero attached hydrogens (tertiary/aromatic N) is 3. The Morgan fingerprint density at radius 3 is 2.36 bits per heavy atom. The number of benzene rings is 2. The first kappa shape index (κ1) is 28.6. The van der Waals surface area contributed by atoms with Gasteiger partial charge in [-0.25, -0.2) is 0 Å². The predicted octanol–water partition coefficient (Wildman–Crippen LogP) is 3.89. The van der Waals surface area contributed by atoms with Crippen LogP contribution >= 0.6 is 11.8 Å². The highest BCUT2D eigenvalue weighted by molar-refractivity contribution is 8.02. The Morgan fingerprint density at radius 2 is 1.67 bits per heavy atom. The summed E-state index contributed by atoms with van der Waals surface area (Å²) in [4.78, 5) is 48.5. The highest BCUT2D eigenvalue weighted by Crippen LogP contribution is 2.61. The van der Waals surface area contributed by atoms with E-state index in [0.29, 0.717) is 26.1 Å². The van der Waals surface area contributed by atoms with Crippen LogP contribution in [-0.2, 0) is 14.4 Å². The van der Waals surface area contributed by atoms with Crippen molar-refractivity contribution in [1.82, 2.24) is 4.90 Å². The van der Waals surface area contributed by atoms with E-state index in [-0.39, 0.29) is 36.1 Å². The van der Waals surface area contributed by atoms with E-state index < -0.39 is 22.6 Å². The molecule has 4 aliphatic rings. The Labute approximate surface area is 251 Å². The Morgan fingerprint density at radius 1 is 0.952 bits per heavy atom. The van der Waals surface area contributed by atoms with E-state index in [4.69, 9.17) is 4.74 Å². The van der Waals surface area contributed by atoms with Gasteiger partial charge in [-0.05, 0) is 62.6 Å². The summed E-state index contributed by atoms with van der Waals surface area (Å²) in [5.74, 6) is -1.04. The third-order valence-electron chi connectivity index (χ3n) is 8.88. The van der Waals surface area contributed by atoms with E-state index in [0.717, 1.165) is 28.3 Å². The van der Waals surface area contributed by atoms with Crippen LogP contribution < -0.4 is 14.5 Å². The minimum Gasteiger partial charge on any atom is -0.494 e. The fourth-order valence-corrected chi connectivity index (χ4v) is 9.18. The smallest absolute Gasteiger partial charge is 0.251 e. The van der Waals surface area contributed by atoms with E-state index >= 15 is 0 Å². The number of hydrogen-bond acceptors (Lipinski definition) is 6. The van der Waals surface area contributed by atoms with Crippen molar-refractivity contribution < 1.29 is 24.2 Å². The summed E-state index contributed by atoms with van der Waals surface area (Å²) < 4.78 is 4.69. The maximum atomic E-state index is 14.6. The van der Waals surface area contributed by atoms with Crippen molar-refractivity contribution in [3.05, 3.63) is 77.9 Å². The second kappa shape index (κ2) is 11.3. The maximum absolute atomic E-state index is 14.6. The molecule has 2 aromatic rings. The van der Waals surface area contributed by atoms with Gasteiger partial charge in [-0.3, -0.25) is 14.4 Å². The van der Waals surface area contributed by atoms with Gasteiger partial charge in [0.1, 0.15) is 11.8 Å². The van der Waals surface area contributed by atoms with Crippen molar-refractivity contribution in [1.29, 1.82) is 0 Å². The van der Waals surface area contributed by atoms with Crippen molar-refractivity contribution in [2.75, 3.05) is 42.6 Å². The van der Waals surface area contributed by atoms with Gasteiger partial charge < -0.3 is 24.5 Å². The highest BCUT2D eigenvalue weighted by atomic mass is 32.2. The minimum atomic E-state index is -0.897. The van der Waals surface area contributed by atoms with Gasteiger partial charge in [0.15, 0.2) is 0 Å². The van der Waals surface area contributed by atoms with Crippen molar-refractivity contribution in [3.63, 3.8) is 0 Å². The minimum absolute atomic E-state index is 0.0921. The number of amides is 3. The molecule has 42 heavy (non-hydrogen) atoms. The highest BCUT2D eigenvalue weighted by Gasteiger charge is 2.71. The van der Waals surface area contributed by atoms with E-state index in [1.807, 2.05) is 87.5 Å². The number of carbonyl (C=O) groups excluding carboxylic acids is 3. The number of carbonyl (C=O) groups is 3. The average molecular weight is 588 g/mol. The van der Waals surface area contributed by atoms with Crippen LogP contribution in [0.2, 0.25) is 0 Å². The molecule has 4 heterocycles. The molecule has 220 valence electrons. The zero-order valence-electron chi connectivity index (χ0n) is 24.2. The van der Waals surface area contributed by atoms with Crippen LogP contribution in [0.3, 0.4) is 0 Å². The molecule has 0 aliphatic carbocycles. The molecule has 2 saturated heterocycles. The molecule has 2 fully saturated rings. The molecule has 3 amide bonds. The molecule has 9 heteroatoms. The summed E-state index contributed by atoms with van der Waals surface area (Å²) in [7, 11) is 0. The average Bonchev–Trinajstić information content (AvgIpc) is 3.28. The number of para-hydroxylation sites is 1. The lowest BCUT2D eigenvalue weighted by Gasteiger charge is -2.36. The van der Waals surface area contributed by atoms with Gasteiger partial charge in [-0.1, -0.05) is 42.5 Å². The van der Waals surface area contributed by atoms with Crippen molar-refractivity contribution >= 4 is 40.9 Å². The number of fused-ring (bicyclic) bond motifs is 2. The first-order valence-corrected chi connectivity index (χ1v) is 15.6. The van der Waals surface area contributed by atoms with Gasteiger partial charge in [0, 0.05) is 42.9 Å². The largest absolute Gasteiger partial charge is 0.494 e. The lowest BCUT2D eigenvalue weighted by atomic mass is 9.78. The molecule has 8 nitrogen and oxygen atoms in total. The molecule has 2 aromatic carbocycles. The molecule has 1 unspecified atom stereocenters. The van der Waals surface area contributed by atoms with Crippen LogP contribution in [0.5, 0.6) is 5.75 Å². The molecule has 1 N–H and O–H groups in total. The Bertz CT molecular complexity index is 1440. The van der Waals surface area contributed by atoms with Gasteiger partial charge in [0.25, 0.3) is 5.91 Å². The summed E-state index contributed by atoms with van der Waals surface area (Å²) in [6, 6.07) is 12.6. The molecule has 0 aromatic heterocycles. The Balaban J connectivity index is 1.41. The lowest BCUT2D eigenvalue weighted by molar-refractivity contribution is -0.138. The monoisotopic (exact) mass is 587 g/mol. The normalized spacial score (nSPS) is 28.5. The summed E-state index contributed by atoms with van der Waals surface area (Å²) in [5, 5.41) is 9.44. The summed E-state index contributed by atoms with van der Waals surface area (Å²) >= 11 is 1.57. The van der Waals surface area contributed by atoms with E-state index in [2.05, 4.69) is 0 Å². The summed E-state index contributed by atoms with van der Waals surface area (Å²) in [6.45, 7) is 7.42. The number of thioether (sulfide) groups is 1. The van der Waals surface area contributed by atoms with Crippen molar-refractivity contribution in [2.24, 2.45) is 11.8 Å². The number of aliphatic hydroxyl groups is 1. The van der Waals surface area contributed by atoms with Crippen molar-refractivity contribution in [2.45, 2.75) is 43.2 Å². The number of hydrogen-bond donors (Lipinski definition) is 1. The summed E-state index contributed by atoms with van der Waals surface area (Å²) in [6.07, 6.45) is 8.43. The number of likely N-dealkylation sites (tertiary alicyclic amines) is 1. The molecular weight excluding hydrogens is 550 g/mol.